The summed E-state index contributed by atoms with van der Waals surface area (Å²) in [7, 11) is 1.39. The van der Waals surface area contributed by atoms with Gasteiger partial charge in [-0.15, -0.1) is 0 Å². The molecule has 1 saturated heterocycles. The third-order valence-corrected chi connectivity index (χ3v) is 2.53. The van der Waals surface area contributed by atoms with Gasteiger partial charge >= 0.3 is 5.97 Å². The van der Waals surface area contributed by atoms with Gasteiger partial charge in [-0.2, -0.15) is 0 Å². The zero-order valence-electron chi connectivity index (χ0n) is 8.33. The molecule has 0 bridgehead atoms. The number of methoxy groups -OCH3 is 1. The van der Waals surface area contributed by atoms with E-state index >= 15 is 0 Å². The maximum Gasteiger partial charge on any atom is 0.328 e. The van der Waals surface area contributed by atoms with Crippen molar-refractivity contribution in [3.8, 4) is 0 Å². The zero-order valence-corrected chi connectivity index (χ0v) is 8.33. The van der Waals surface area contributed by atoms with E-state index in [0.717, 1.165) is 12.8 Å². The molecule has 1 N–H and O–H groups in total. The van der Waals surface area contributed by atoms with Crippen LogP contribution in [0.1, 0.15) is 26.7 Å². The Hall–Kier alpha value is -1.06. The van der Waals surface area contributed by atoms with Gasteiger partial charge in [0, 0.05) is 6.04 Å². The third-order valence-electron chi connectivity index (χ3n) is 2.53. The molecule has 0 aliphatic carbocycles. The molecule has 0 aromatic heterocycles. The Morgan fingerprint density at radius 1 is 1.54 bits per heavy atom. The number of nitrogens with one attached hydrogen (secondary N) is 1. The van der Waals surface area contributed by atoms with E-state index in [0.29, 0.717) is 5.84 Å². The first-order valence-electron chi connectivity index (χ1n) is 4.49. The molecule has 0 radical (unpaired) electrons. The molecule has 1 aliphatic heterocycles. The Morgan fingerprint density at radius 2 is 2.15 bits per heavy atom. The van der Waals surface area contributed by atoms with Crippen molar-refractivity contribution in [3.63, 3.8) is 0 Å². The van der Waals surface area contributed by atoms with Crippen LogP contribution in [0.15, 0.2) is 0 Å². The van der Waals surface area contributed by atoms with E-state index in [1.807, 2.05) is 11.8 Å². The summed E-state index contributed by atoms with van der Waals surface area (Å²) in [4.78, 5) is 13.1. The van der Waals surface area contributed by atoms with E-state index in [4.69, 9.17) is 5.41 Å². The second kappa shape index (κ2) is 3.77. The molecule has 1 fully saturated rings. The first-order valence-corrected chi connectivity index (χ1v) is 4.49. The normalized spacial score (nSPS) is 27.5. The fourth-order valence-electron chi connectivity index (χ4n) is 1.92. The van der Waals surface area contributed by atoms with Crippen LogP contribution in [0.25, 0.3) is 0 Å². The van der Waals surface area contributed by atoms with E-state index in [-0.39, 0.29) is 18.1 Å². The van der Waals surface area contributed by atoms with Crippen molar-refractivity contribution < 1.29 is 9.53 Å². The second-order valence-electron chi connectivity index (χ2n) is 3.46. The van der Waals surface area contributed by atoms with Gasteiger partial charge in [0.1, 0.15) is 6.04 Å². The van der Waals surface area contributed by atoms with Gasteiger partial charge in [0.25, 0.3) is 0 Å². The molecule has 0 spiro atoms. The minimum atomic E-state index is -0.238. The van der Waals surface area contributed by atoms with Crippen LogP contribution in [0.2, 0.25) is 0 Å². The zero-order chi connectivity index (χ0) is 10.0. The molecule has 1 heterocycles. The van der Waals surface area contributed by atoms with E-state index in [1.54, 1.807) is 6.92 Å². The minimum Gasteiger partial charge on any atom is -0.467 e. The number of hydrogen-bond acceptors (Lipinski definition) is 3. The van der Waals surface area contributed by atoms with Crippen LogP contribution in [0.5, 0.6) is 0 Å². The summed E-state index contributed by atoms with van der Waals surface area (Å²) in [5, 5.41) is 7.54. The Balaban J connectivity index is 2.75. The number of amidine groups is 1. The highest BCUT2D eigenvalue weighted by Gasteiger charge is 2.36. The Kier molecular flexibility index (Phi) is 2.90. The van der Waals surface area contributed by atoms with Crippen molar-refractivity contribution in [1.82, 2.24) is 4.90 Å². The van der Waals surface area contributed by atoms with E-state index in [2.05, 4.69) is 4.74 Å². The summed E-state index contributed by atoms with van der Waals surface area (Å²) in [6.45, 7) is 3.73. The quantitative estimate of drug-likeness (QED) is 0.376. The lowest BCUT2D eigenvalue weighted by Crippen LogP contribution is -2.42. The lowest BCUT2D eigenvalue weighted by molar-refractivity contribution is -0.144. The Morgan fingerprint density at radius 3 is 2.62 bits per heavy atom. The number of esters is 1. The largest absolute Gasteiger partial charge is 0.467 e. The molecule has 0 aromatic carbocycles. The molecule has 0 aromatic rings. The Bertz CT molecular complexity index is 228. The van der Waals surface area contributed by atoms with Crippen molar-refractivity contribution in [2.45, 2.75) is 38.8 Å². The van der Waals surface area contributed by atoms with Gasteiger partial charge in [-0.3, -0.25) is 5.41 Å². The average molecular weight is 184 g/mol. The van der Waals surface area contributed by atoms with Gasteiger partial charge in [-0.1, -0.05) is 0 Å². The number of carbonyl (C=O) groups is 1. The predicted molar refractivity (Wildman–Crippen MR) is 49.7 cm³/mol. The topological polar surface area (TPSA) is 53.4 Å². The molecule has 4 heteroatoms. The van der Waals surface area contributed by atoms with E-state index in [9.17, 15) is 4.79 Å². The second-order valence-corrected chi connectivity index (χ2v) is 3.46. The summed E-state index contributed by atoms with van der Waals surface area (Å²) in [5.41, 5.74) is 0. The first-order chi connectivity index (χ1) is 6.07. The van der Waals surface area contributed by atoms with E-state index < -0.39 is 0 Å². The third kappa shape index (κ3) is 1.82. The number of rotatable bonds is 1. The predicted octanol–water partition coefficient (Wildman–Crippen LogP) is 1.01. The Labute approximate surface area is 78.4 Å². The van der Waals surface area contributed by atoms with Crippen LogP contribution in [-0.4, -0.2) is 35.9 Å². The molecular weight excluding hydrogens is 168 g/mol. The molecule has 2 atom stereocenters. The van der Waals surface area contributed by atoms with Crippen molar-refractivity contribution >= 4 is 11.8 Å². The molecule has 74 valence electrons. The summed E-state index contributed by atoms with van der Waals surface area (Å²) >= 11 is 0. The van der Waals surface area contributed by atoms with E-state index in [1.165, 1.54) is 7.11 Å². The van der Waals surface area contributed by atoms with Crippen LogP contribution in [0.3, 0.4) is 0 Å². The fraction of sp³-hybridized carbons (Fsp3) is 0.778. The van der Waals surface area contributed by atoms with Crippen LogP contribution in [0, 0.1) is 5.41 Å². The monoisotopic (exact) mass is 184 g/mol. The number of nitrogens with zero attached hydrogens (tertiary/aromatic N) is 1. The van der Waals surface area contributed by atoms with Gasteiger partial charge in [0.15, 0.2) is 0 Å². The fourth-order valence-corrected chi connectivity index (χ4v) is 1.92. The maximum absolute atomic E-state index is 11.3. The number of likely N-dealkylation sites (tertiary alicyclic amines) is 1. The lowest BCUT2D eigenvalue weighted by Gasteiger charge is -2.27. The molecule has 13 heavy (non-hydrogen) atoms. The molecule has 0 amide bonds. The van der Waals surface area contributed by atoms with Crippen LogP contribution < -0.4 is 0 Å². The number of carbonyl (C=O) groups excluding carboxylic acids is 1. The average Bonchev–Trinajstić information content (AvgIpc) is 2.45. The highest BCUT2D eigenvalue weighted by atomic mass is 16.5. The summed E-state index contributed by atoms with van der Waals surface area (Å²) in [6.07, 6.45) is 1.75. The van der Waals surface area contributed by atoms with Crippen molar-refractivity contribution in [2.24, 2.45) is 0 Å². The smallest absolute Gasteiger partial charge is 0.328 e. The van der Waals surface area contributed by atoms with Crippen molar-refractivity contribution in [2.75, 3.05) is 7.11 Å². The van der Waals surface area contributed by atoms with Gasteiger partial charge in [0.2, 0.25) is 0 Å². The van der Waals surface area contributed by atoms with Crippen LogP contribution in [-0.2, 0) is 9.53 Å². The molecule has 2 unspecified atom stereocenters. The van der Waals surface area contributed by atoms with Crippen LogP contribution >= 0.6 is 0 Å². The molecule has 4 nitrogen and oxygen atoms in total. The molecule has 0 saturated carbocycles. The molecule has 1 aliphatic rings. The highest BCUT2D eigenvalue weighted by Crippen LogP contribution is 2.24. The van der Waals surface area contributed by atoms with Crippen LogP contribution in [0.4, 0.5) is 0 Å². The standard InChI is InChI=1S/C9H16N2O2/c1-6-4-5-8(9(12)13-3)11(6)7(2)10/h6,8,10H,4-5H2,1-3H3. The van der Waals surface area contributed by atoms with Crippen molar-refractivity contribution in [1.29, 1.82) is 5.41 Å². The number of hydrogen-bond donors (Lipinski definition) is 1. The lowest BCUT2D eigenvalue weighted by atomic mass is 10.2. The summed E-state index contributed by atoms with van der Waals surface area (Å²) in [5.74, 6) is 0.219. The molecule has 1 rings (SSSR count). The van der Waals surface area contributed by atoms with Crippen molar-refractivity contribution in [3.05, 3.63) is 0 Å². The number of ether oxygens (including phenoxy) is 1. The van der Waals surface area contributed by atoms with Gasteiger partial charge < -0.3 is 9.64 Å². The molecular formula is C9H16N2O2. The summed E-state index contributed by atoms with van der Waals surface area (Å²) in [6, 6.07) is 0.0408. The van der Waals surface area contributed by atoms with Gasteiger partial charge in [-0.25, -0.2) is 4.79 Å². The summed E-state index contributed by atoms with van der Waals surface area (Å²) < 4.78 is 4.69. The van der Waals surface area contributed by atoms with Gasteiger partial charge in [-0.05, 0) is 26.7 Å². The highest BCUT2D eigenvalue weighted by molar-refractivity contribution is 5.85. The first kappa shape index (κ1) is 10.0. The van der Waals surface area contributed by atoms with Gasteiger partial charge in [0.05, 0.1) is 12.9 Å². The SMILES string of the molecule is COC(=O)C1CCC(C)N1C(C)=N. The maximum atomic E-state index is 11.3. The minimum absolute atomic E-state index is 0.226.